The number of rotatable bonds is 6. The van der Waals surface area contributed by atoms with Crippen LogP contribution in [-0.4, -0.2) is 11.5 Å². The van der Waals surface area contributed by atoms with Crippen molar-refractivity contribution in [1.82, 2.24) is 0 Å². The summed E-state index contributed by atoms with van der Waals surface area (Å²) < 4.78 is 0. The van der Waals surface area contributed by atoms with Gasteiger partial charge in [-0.05, 0) is 74.0 Å². The summed E-state index contributed by atoms with van der Waals surface area (Å²) in [6, 6.07) is 8.49. The van der Waals surface area contributed by atoms with Gasteiger partial charge in [0.15, 0.2) is 0 Å². The molecule has 2 heteroatoms. The SMILES string of the molecule is C1=CC2=C(CC=CN=C2C2CCCCCC2)CC1.CC(=O)[C@H](Cc1ccccc1C(C)C)C(C)C.[HH].[HH]. The lowest BCUT2D eigenvalue weighted by Crippen LogP contribution is -2.20. The van der Waals surface area contributed by atoms with Gasteiger partial charge in [-0.1, -0.05) is 101 Å². The van der Waals surface area contributed by atoms with E-state index in [0.29, 0.717) is 23.5 Å². The van der Waals surface area contributed by atoms with Crippen LogP contribution in [0, 0.1) is 17.8 Å². The van der Waals surface area contributed by atoms with E-state index in [1.165, 1.54) is 73.8 Å². The van der Waals surface area contributed by atoms with Gasteiger partial charge in [-0.25, -0.2) is 0 Å². The van der Waals surface area contributed by atoms with Crippen LogP contribution in [0.25, 0.3) is 0 Å². The highest BCUT2D eigenvalue weighted by Gasteiger charge is 2.24. The second-order valence-electron chi connectivity index (χ2n) is 11.3. The molecule has 0 unspecified atom stereocenters. The Kier molecular flexibility index (Phi) is 10.8. The van der Waals surface area contributed by atoms with Gasteiger partial charge in [0.25, 0.3) is 0 Å². The van der Waals surface area contributed by atoms with E-state index in [0.717, 1.165) is 12.8 Å². The molecule has 0 bridgehead atoms. The minimum Gasteiger partial charge on any atom is -0.300 e. The maximum absolute atomic E-state index is 11.7. The fourth-order valence-electron chi connectivity index (χ4n) is 5.83. The van der Waals surface area contributed by atoms with Gasteiger partial charge in [0, 0.05) is 20.9 Å². The Morgan fingerprint density at radius 3 is 2.40 bits per heavy atom. The molecule has 0 amide bonds. The molecule has 1 heterocycles. The van der Waals surface area contributed by atoms with E-state index in [2.05, 4.69) is 70.2 Å². The number of ketones is 1. The Bertz CT molecular complexity index is 962. The van der Waals surface area contributed by atoms with Crippen molar-refractivity contribution in [2.75, 3.05) is 0 Å². The molecule has 1 aromatic rings. The highest BCUT2D eigenvalue weighted by atomic mass is 16.1. The molecule has 0 saturated heterocycles. The third kappa shape index (κ3) is 7.89. The zero-order valence-electron chi connectivity index (χ0n) is 22.9. The summed E-state index contributed by atoms with van der Waals surface area (Å²) in [5.74, 6) is 2.09. The zero-order chi connectivity index (χ0) is 25.2. The lowest BCUT2D eigenvalue weighted by Gasteiger charge is -2.21. The molecule has 4 rings (SSSR count). The van der Waals surface area contributed by atoms with Crippen LogP contribution in [0.1, 0.15) is 112 Å². The molecule has 1 aromatic carbocycles. The number of hydrogen-bond donors (Lipinski definition) is 0. The Morgan fingerprint density at radius 1 is 1.03 bits per heavy atom. The van der Waals surface area contributed by atoms with Crippen molar-refractivity contribution >= 4 is 11.5 Å². The molecule has 1 saturated carbocycles. The summed E-state index contributed by atoms with van der Waals surface area (Å²) in [5, 5.41) is 0. The average molecular weight is 478 g/mol. The minimum absolute atomic E-state index is 0. The fraction of sp³-hybridized carbons (Fsp3) is 0.576. The predicted octanol–water partition coefficient (Wildman–Crippen LogP) is 9.67. The van der Waals surface area contributed by atoms with E-state index in [-0.39, 0.29) is 8.77 Å². The first kappa shape index (κ1) is 27.4. The van der Waals surface area contributed by atoms with Crippen LogP contribution >= 0.6 is 0 Å². The molecule has 1 atom stereocenters. The molecule has 194 valence electrons. The number of allylic oxidation sites excluding steroid dienone is 5. The summed E-state index contributed by atoms with van der Waals surface area (Å²) in [6.45, 7) is 10.4. The van der Waals surface area contributed by atoms with Crippen LogP contribution in [-0.2, 0) is 11.2 Å². The summed E-state index contributed by atoms with van der Waals surface area (Å²) in [4.78, 5) is 16.5. The standard InChI is InChI=1S/C17H23N.C16H24O.2H2/c1-2-4-10-15(9-3-1)17-16-12-6-5-8-14(16)11-7-13-18-17;1-11(2)15-9-7-6-8-14(15)10-16(12(3)4)13(5)17;;/h6-7,12-13,15H,1-5,8-11H2;6-9,11-12,16H,10H2,1-5H3;2*1H/t;16-;;/m.1../s1. The van der Waals surface area contributed by atoms with Gasteiger partial charge in [0.2, 0.25) is 0 Å². The van der Waals surface area contributed by atoms with Crippen LogP contribution in [0.15, 0.2) is 64.8 Å². The zero-order valence-corrected chi connectivity index (χ0v) is 22.9. The molecular formula is C33H51NO. The number of hydrogen-bond acceptors (Lipinski definition) is 2. The van der Waals surface area contributed by atoms with Gasteiger partial charge in [-0.2, -0.15) is 0 Å². The molecule has 0 aromatic heterocycles. The molecule has 3 aliphatic rings. The maximum Gasteiger partial charge on any atom is 0.133 e. The van der Waals surface area contributed by atoms with Gasteiger partial charge >= 0.3 is 0 Å². The van der Waals surface area contributed by atoms with Crippen LogP contribution < -0.4 is 0 Å². The Morgan fingerprint density at radius 2 is 1.74 bits per heavy atom. The van der Waals surface area contributed by atoms with Crippen molar-refractivity contribution < 1.29 is 7.65 Å². The van der Waals surface area contributed by atoms with E-state index in [4.69, 9.17) is 4.99 Å². The van der Waals surface area contributed by atoms with Gasteiger partial charge in [0.1, 0.15) is 5.78 Å². The highest BCUT2D eigenvalue weighted by molar-refractivity contribution is 6.05. The van der Waals surface area contributed by atoms with Gasteiger partial charge in [-0.3, -0.25) is 9.79 Å². The quantitative estimate of drug-likeness (QED) is 0.375. The lowest BCUT2D eigenvalue weighted by atomic mass is 9.83. The molecule has 1 fully saturated rings. The largest absolute Gasteiger partial charge is 0.300 e. The molecule has 0 radical (unpaired) electrons. The molecule has 35 heavy (non-hydrogen) atoms. The van der Waals surface area contributed by atoms with Crippen molar-refractivity contribution in [3.8, 4) is 0 Å². The molecule has 1 aliphatic heterocycles. The monoisotopic (exact) mass is 477 g/mol. The van der Waals surface area contributed by atoms with Crippen molar-refractivity contribution in [3.63, 3.8) is 0 Å². The van der Waals surface area contributed by atoms with Crippen molar-refractivity contribution in [3.05, 3.63) is 71.0 Å². The van der Waals surface area contributed by atoms with E-state index in [1.807, 2.05) is 6.20 Å². The van der Waals surface area contributed by atoms with E-state index >= 15 is 0 Å². The van der Waals surface area contributed by atoms with Crippen LogP contribution in [0.2, 0.25) is 0 Å². The van der Waals surface area contributed by atoms with Crippen molar-refractivity contribution in [1.29, 1.82) is 0 Å². The first-order chi connectivity index (χ1) is 16.9. The summed E-state index contributed by atoms with van der Waals surface area (Å²) in [7, 11) is 0. The molecule has 0 spiro atoms. The fourth-order valence-corrected chi connectivity index (χ4v) is 5.83. The first-order valence-electron chi connectivity index (χ1n) is 14.1. The Hall–Kier alpha value is -2.22. The molecular weight excluding hydrogens is 426 g/mol. The number of carbonyl (C=O) groups is 1. The minimum atomic E-state index is 0. The first-order valence-corrected chi connectivity index (χ1v) is 14.1. The second kappa shape index (κ2) is 13.8. The average Bonchev–Trinajstić information content (AvgIpc) is 3.24. The number of carbonyl (C=O) groups excluding carboxylic acids is 1. The molecule has 0 N–H and O–H groups in total. The predicted molar refractivity (Wildman–Crippen MR) is 155 cm³/mol. The molecule has 2 aliphatic carbocycles. The lowest BCUT2D eigenvalue weighted by molar-refractivity contribution is -0.121. The normalized spacial score (nSPS) is 19.5. The van der Waals surface area contributed by atoms with E-state index in [9.17, 15) is 4.79 Å². The molecule has 2 nitrogen and oxygen atoms in total. The van der Waals surface area contributed by atoms with Crippen LogP contribution in [0.5, 0.6) is 0 Å². The maximum atomic E-state index is 11.7. The smallest absolute Gasteiger partial charge is 0.133 e. The summed E-state index contributed by atoms with van der Waals surface area (Å²) in [6.07, 6.45) is 21.7. The number of nitrogens with zero attached hydrogens (tertiary/aromatic N) is 1. The summed E-state index contributed by atoms with van der Waals surface area (Å²) in [5.41, 5.74) is 7.21. The number of aliphatic imine (C=N–C) groups is 1. The van der Waals surface area contributed by atoms with Gasteiger partial charge < -0.3 is 0 Å². The third-order valence-corrected chi connectivity index (χ3v) is 7.92. The highest BCUT2D eigenvalue weighted by Crippen LogP contribution is 2.33. The van der Waals surface area contributed by atoms with Crippen molar-refractivity contribution in [2.45, 2.75) is 105 Å². The Labute approximate surface area is 217 Å². The van der Waals surface area contributed by atoms with Gasteiger partial charge in [-0.15, -0.1) is 0 Å². The van der Waals surface area contributed by atoms with E-state index in [1.54, 1.807) is 12.5 Å². The number of benzene rings is 1. The van der Waals surface area contributed by atoms with Crippen molar-refractivity contribution in [2.24, 2.45) is 22.7 Å². The number of Topliss-reactive ketones (excluding diaryl/α,β-unsaturated/α-hetero) is 1. The summed E-state index contributed by atoms with van der Waals surface area (Å²) >= 11 is 0. The second-order valence-corrected chi connectivity index (χ2v) is 11.3. The third-order valence-electron chi connectivity index (χ3n) is 7.92. The Balaban J connectivity index is 0.000000352. The topological polar surface area (TPSA) is 29.4 Å². The van der Waals surface area contributed by atoms with E-state index < -0.39 is 0 Å². The van der Waals surface area contributed by atoms with Gasteiger partial charge in [0.05, 0.1) is 5.71 Å². The van der Waals surface area contributed by atoms with Crippen LogP contribution in [0.4, 0.5) is 0 Å². The van der Waals surface area contributed by atoms with Crippen LogP contribution in [0.3, 0.4) is 0 Å².